The maximum atomic E-state index is 12.4. The molecule has 6 nitrogen and oxygen atoms in total. The monoisotopic (exact) mass is 342 g/mol. The molecule has 0 unspecified atom stereocenters. The molecule has 25 heavy (non-hydrogen) atoms. The molecule has 2 aromatic rings. The highest BCUT2D eigenvalue weighted by molar-refractivity contribution is 5.81. The first-order chi connectivity index (χ1) is 11.9. The number of amides is 1. The molecule has 1 aliphatic heterocycles. The van der Waals surface area contributed by atoms with Crippen LogP contribution in [0.2, 0.25) is 0 Å². The molecule has 134 valence electrons. The van der Waals surface area contributed by atoms with E-state index in [1.54, 1.807) is 0 Å². The van der Waals surface area contributed by atoms with Gasteiger partial charge >= 0.3 is 0 Å². The summed E-state index contributed by atoms with van der Waals surface area (Å²) in [6.07, 6.45) is -0.393. The van der Waals surface area contributed by atoms with Crippen molar-refractivity contribution in [3.8, 4) is 5.69 Å². The van der Waals surface area contributed by atoms with Gasteiger partial charge in [-0.1, -0.05) is 12.1 Å². The molecule has 1 aromatic heterocycles. The molecule has 1 aromatic carbocycles. The predicted molar refractivity (Wildman–Crippen MR) is 96.8 cm³/mol. The van der Waals surface area contributed by atoms with Gasteiger partial charge in [0.05, 0.1) is 24.0 Å². The molecule has 2 atom stereocenters. The van der Waals surface area contributed by atoms with Crippen LogP contribution in [-0.2, 0) is 9.53 Å². The van der Waals surface area contributed by atoms with Crippen LogP contribution < -0.4 is 5.32 Å². The van der Waals surface area contributed by atoms with Gasteiger partial charge in [-0.05, 0) is 51.6 Å². The number of aromatic nitrogens is 2. The van der Waals surface area contributed by atoms with E-state index >= 15 is 0 Å². The van der Waals surface area contributed by atoms with Crippen LogP contribution >= 0.6 is 0 Å². The van der Waals surface area contributed by atoms with Crippen molar-refractivity contribution in [2.45, 2.75) is 32.9 Å². The number of nitrogens with zero attached hydrogens (tertiary/aromatic N) is 3. The van der Waals surface area contributed by atoms with Crippen molar-refractivity contribution in [2.75, 3.05) is 26.7 Å². The molecule has 1 aliphatic rings. The molecule has 3 rings (SSSR count). The first-order valence-corrected chi connectivity index (χ1v) is 8.68. The molecule has 0 aliphatic carbocycles. The number of nitrogens with one attached hydrogen (secondary N) is 1. The van der Waals surface area contributed by atoms with Gasteiger partial charge in [0.2, 0.25) is 0 Å². The number of rotatable bonds is 4. The van der Waals surface area contributed by atoms with Gasteiger partial charge < -0.3 is 15.0 Å². The van der Waals surface area contributed by atoms with Gasteiger partial charge in [0.1, 0.15) is 6.10 Å². The van der Waals surface area contributed by atoms with E-state index in [2.05, 4.69) is 21.4 Å². The van der Waals surface area contributed by atoms with Crippen molar-refractivity contribution in [3.63, 3.8) is 0 Å². The summed E-state index contributed by atoms with van der Waals surface area (Å²) in [5.41, 5.74) is 4.18. The second kappa shape index (κ2) is 7.37. The highest BCUT2D eigenvalue weighted by Crippen LogP contribution is 2.18. The van der Waals surface area contributed by atoms with Gasteiger partial charge in [-0.15, -0.1) is 0 Å². The molecular weight excluding hydrogens is 316 g/mol. The molecule has 1 N–H and O–H groups in total. The van der Waals surface area contributed by atoms with Crippen LogP contribution in [-0.4, -0.2) is 53.4 Å². The quantitative estimate of drug-likeness (QED) is 0.923. The van der Waals surface area contributed by atoms with Crippen molar-refractivity contribution < 1.29 is 9.53 Å². The van der Waals surface area contributed by atoms with Gasteiger partial charge in [-0.2, -0.15) is 5.10 Å². The summed E-state index contributed by atoms with van der Waals surface area (Å²) >= 11 is 0. The van der Waals surface area contributed by atoms with E-state index in [-0.39, 0.29) is 11.9 Å². The number of benzene rings is 1. The van der Waals surface area contributed by atoms with E-state index < -0.39 is 6.10 Å². The average molecular weight is 342 g/mol. The van der Waals surface area contributed by atoms with Crippen molar-refractivity contribution in [2.24, 2.45) is 0 Å². The Balaban J connectivity index is 1.65. The topological polar surface area (TPSA) is 59.4 Å². The second-order valence-corrected chi connectivity index (χ2v) is 6.78. The first-order valence-electron chi connectivity index (χ1n) is 8.68. The van der Waals surface area contributed by atoms with E-state index in [4.69, 9.17) is 4.74 Å². The summed E-state index contributed by atoms with van der Waals surface area (Å²) in [5, 5.41) is 7.55. The molecule has 1 fully saturated rings. The maximum absolute atomic E-state index is 12.4. The Labute approximate surface area is 148 Å². The number of ether oxygens (including phenoxy) is 1. The summed E-state index contributed by atoms with van der Waals surface area (Å²) in [4.78, 5) is 14.5. The smallest absolute Gasteiger partial charge is 0.250 e. The molecule has 1 saturated heterocycles. The summed E-state index contributed by atoms with van der Waals surface area (Å²) < 4.78 is 7.50. The van der Waals surface area contributed by atoms with E-state index in [0.29, 0.717) is 13.2 Å². The van der Waals surface area contributed by atoms with Crippen LogP contribution in [0.5, 0.6) is 0 Å². The number of carbonyl (C=O) groups excluding carboxylic acids is 1. The van der Waals surface area contributed by atoms with Crippen LogP contribution in [0.25, 0.3) is 5.69 Å². The second-order valence-electron chi connectivity index (χ2n) is 6.78. The van der Waals surface area contributed by atoms with Crippen LogP contribution in [0.15, 0.2) is 30.3 Å². The van der Waals surface area contributed by atoms with Crippen molar-refractivity contribution in [1.82, 2.24) is 20.0 Å². The summed E-state index contributed by atoms with van der Waals surface area (Å²) in [5.74, 6) is -0.0540. The van der Waals surface area contributed by atoms with Gasteiger partial charge in [-0.3, -0.25) is 4.79 Å². The molecule has 0 radical (unpaired) electrons. The fourth-order valence-corrected chi connectivity index (χ4v) is 3.12. The third-order valence-electron chi connectivity index (χ3n) is 4.57. The number of morpholine rings is 1. The predicted octanol–water partition coefficient (Wildman–Crippen LogP) is 2.00. The summed E-state index contributed by atoms with van der Waals surface area (Å²) in [6, 6.07) is 10.1. The summed E-state index contributed by atoms with van der Waals surface area (Å²) in [7, 11) is 2.00. The fraction of sp³-hybridized carbons (Fsp3) is 0.474. The third-order valence-corrected chi connectivity index (χ3v) is 4.57. The number of hydrogen-bond acceptors (Lipinski definition) is 4. The highest BCUT2D eigenvalue weighted by atomic mass is 16.5. The zero-order valence-electron chi connectivity index (χ0n) is 15.3. The average Bonchev–Trinajstić information content (AvgIpc) is 2.93. The van der Waals surface area contributed by atoms with E-state index in [1.165, 1.54) is 0 Å². The Kier molecular flexibility index (Phi) is 5.20. The zero-order valence-corrected chi connectivity index (χ0v) is 15.3. The number of carbonyl (C=O) groups is 1. The normalized spacial score (nSPS) is 19.6. The molecule has 2 heterocycles. The first kappa shape index (κ1) is 17.6. The fourth-order valence-electron chi connectivity index (χ4n) is 3.12. The Bertz CT molecular complexity index is 738. The van der Waals surface area contributed by atoms with Crippen LogP contribution in [0.4, 0.5) is 0 Å². The Morgan fingerprint density at radius 3 is 2.64 bits per heavy atom. The molecule has 6 heteroatoms. The number of aryl methyl sites for hydroxylation is 2. The molecule has 0 bridgehead atoms. The lowest BCUT2D eigenvalue weighted by atomic mass is 10.1. The van der Waals surface area contributed by atoms with Gasteiger partial charge in [0, 0.05) is 18.8 Å². The minimum absolute atomic E-state index is 0.0540. The lowest BCUT2D eigenvalue weighted by Crippen LogP contribution is -2.48. The minimum atomic E-state index is -0.393. The van der Waals surface area contributed by atoms with Crippen LogP contribution in [0, 0.1) is 13.8 Å². The van der Waals surface area contributed by atoms with Crippen molar-refractivity contribution in [1.29, 1.82) is 0 Å². The van der Waals surface area contributed by atoms with Gasteiger partial charge in [0.25, 0.3) is 5.91 Å². The standard InChI is InChI=1S/C19H26N4O2/c1-13-11-14(2)23(21-13)17-7-5-16(6-8-17)15(3)20-19(24)18-12-22(4)9-10-25-18/h5-8,11,15,18H,9-10,12H2,1-4H3,(H,20,24)/t15-,18-/m1/s1. The summed E-state index contributed by atoms with van der Waals surface area (Å²) in [6.45, 7) is 8.11. The van der Waals surface area contributed by atoms with Gasteiger partial charge in [0.15, 0.2) is 0 Å². The van der Waals surface area contributed by atoms with E-state index in [1.807, 2.05) is 56.8 Å². The third kappa shape index (κ3) is 4.08. The number of hydrogen-bond donors (Lipinski definition) is 1. The van der Waals surface area contributed by atoms with Crippen molar-refractivity contribution >= 4 is 5.91 Å². The SMILES string of the molecule is Cc1cc(C)n(-c2ccc([C@@H](C)NC(=O)[C@H]3CN(C)CCO3)cc2)n1. The van der Waals surface area contributed by atoms with E-state index in [0.717, 1.165) is 29.2 Å². The van der Waals surface area contributed by atoms with E-state index in [9.17, 15) is 4.79 Å². The lowest BCUT2D eigenvalue weighted by molar-refractivity contribution is -0.138. The Hall–Kier alpha value is -2.18. The molecule has 0 spiro atoms. The molecule has 1 amide bonds. The largest absolute Gasteiger partial charge is 0.366 e. The van der Waals surface area contributed by atoms with Crippen molar-refractivity contribution in [3.05, 3.63) is 47.3 Å². The van der Waals surface area contributed by atoms with Crippen LogP contribution in [0.3, 0.4) is 0 Å². The van der Waals surface area contributed by atoms with Gasteiger partial charge in [-0.25, -0.2) is 4.68 Å². The lowest BCUT2D eigenvalue weighted by Gasteiger charge is -2.30. The highest BCUT2D eigenvalue weighted by Gasteiger charge is 2.25. The number of likely N-dealkylation sites (N-methyl/N-ethyl adjacent to an activating group) is 1. The van der Waals surface area contributed by atoms with Crippen LogP contribution in [0.1, 0.15) is 29.9 Å². The molecule has 0 saturated carbocycles. The Morgan fingerprint density at radius 1 is 1.32 bits per heavy atom. The maximum Gasteiger partial charge on any atom is 0.250 e. The molecular formula is C19H26N4O2. The minimum Gasteiger partial charge on any atom is -0.366 e. The zero-order chi connectivity index (χ0) is 18.0. The Morgan fingerprint density at radius 2 is 2.04 bits per heavy atom.